The van der Waals surface area contributed by atoms with Crippen LogP contribution in [0.5, 0.6) is 0 Å². The van der Waals surface area contributed by atoms with Crippen LogP contribution in [0.1, 0.15) is 11.1 Å². The first kappa shape index (κ1) is 13.6. The number of hydrazone groups is 1. The van der Waals surface area contributed by atoms with Crippen LogP contribution in [-0.2, 0) is 6.54 Å². The van der Waals surface area contributed by atoms with E-state index in [0.29, 0.717) is 11.7 Å². The number of para-hydroxylation sites is 1. The SMILES string of the molecule is Clc1nc2ccccc2cc1/C=N\NCc1ccccc1. The second-order valence-electron chi connectivity index (χ2n) is 4.64. The van der Waals surface area contributed by atoms with Crippen molar-refractivity contribution in [1.82, 2.24) is 10.4 Å². The average Bonchev–Trinajstić information content (AvgIpc) is 2.53. The molecule has 1 heterocycles. The van der Waals surface area contributed by atoms with E-state index in [1.54, 1.807) is 6.21 Å². The third kappa shape index (κ3) is 3.38. The van der Waals surface area contributed by atoms with Gasteiger partial charge in [-0.3, -0.25) is 0 Å². The Morgan fingerprint density at radius 1 is 1.05 bits per heavy atom. The maximum absolute atomic E-state index is 6.17. The molecular weight excluding hydrogens is 282 g/mol. The van der Waals surface area contributed by atoms with Crippen molar-refractivity contribution >= 4 is 28.7 Å². The first-order valence-corrected chi connectivity index (χ1v) is 7.06. The number of nitrogens with one attached hydrogen (secondary N) is 1. The summed E-state index contributed by atoms with van der Waals surface area (Å²) >= 11 is 6.17. The molecule has 0 unspecified atom stereocenters. The fraction of sp³-hybridized carbons (Fsp3) is 0.0588. The van der Waals surface area contributed by atoms with Crippen molar-refractivity contribution in [3.63, 3.8) is 0 Å². The van der Waals surface area contributed by atoms with Gasteiger partial charge in [-0.25, -0.2) is 4.98 Å². The molecule has 1 N–H and O–H groups in total. The van der Waals surface area contributed by atoms with Gasteiger partial charge in [0.1, 0.15) is 5.15 Å². The Bertz CT molecular complexity index is 769. The number of hydrogen-bond acceptors (Lipinski definition) is 3. The molecule has 1 aromatic heterocycles. The molecule has 3 nitrogen and oxygen atoms in total. The summed E-state index contributed by atoms with van der Waals surface area (Å²) in [5, 5.41) is 5.71. The maximum Gasteiger partial charge on any atom is 0.138 e. The molecule has 0 radical (unpaired) electrons. The molecule has 0 spiro atoms. The van der Waals surface area contributed by atoms with E-state index in [9.17, 15) is 0 Å². The molecule has 0 aliphatic rings. The lowest BCUT2D eigenvalue weighted by atomic mass is 10.2. The highest BCUT2D eigenvalue weighted by atomic mass is 35.5. The zero-order valence-corrected chi connectivity index (χ0v) is 12.1. The first-order valence-electron chi connectivity index (χ1n) is 6.68. The summed E-state index contributed by atoms with van der Waals surface area (Å²) in [6.07, 6.45) is 1.70. The summed E-state index contributed by atoms with van der Waals surface area (Å²) in [5.74, 6) is 0. The summed E-state index contributed by atoms with van der Waals surface area (Å²) < 4.78 is 0. The Morgan fingerprint density at radius 2 is 1.81 bits per heavy atom. The molecule has 0 atom stereocenters. The van der Waals surface area contributed by atoms with Crippen molar-refractivity contribution < 1.29 is 0 Å². The van der Waals surface area contributed by atoms with Crippen molar-refractivity contribution in [2.75, 3.05) is 0 Å². The highest BCUT2D eigenvalue weighted by Gasteiger charge is 2.02. The highest BCUT2D eigenvalue weighted by Crippen LogP contribution is 2.18. The number of aromatic nitrogens is 1. The van der Waals surface area contributed by atoms with Crippen LogP contribution in [0, 0.1) is 0 Å². The summed E-state index contributed by atoms with van der Waals surface area (Å²) in [6.45, 7) is 0.677. The first-order chi connectivity index (χ1) is 10.3. The number of nitrogens with zero attached hydrogens (tertiary/aromatic N) is 2. The maximum atomic E-state index is 6.17. The highest BCUT2D eigenvalue weighted by molar-refractivity contribution is 6.32. The van der Waals surface area contributed by atoms with E-state index in [1.807, 2.05) is 60.7 Å². The van der Waals surface area contributed by atoms with Crippen LogP contribution in [0.4, 0.5) is 0 Å². The predicted molar refractivity (Wildman–Crippen MR) is 87.6 cm³/mol. The second kappa shape index (κ2) is 6.37. The summed E-state index contributed by atoms with van der Waals surface area (Å²) in [7, 11) is 0. The largest absolute Gasteiger partial charge is 0.306 e. The van der Waals surface area contributed by atoms with Gasteiger partial charge in [-0.15, -0.1) is 0 Å². The van der Waals surface area contributed by atoms with Crippen LogP contribution >= 0.6 is 11.6 Å². The molecule has 104 valence electrons. The molecule has 0 saturated carbocycles. The molecule has 0 fully saturated rings. The molecule has 0 saturated heterocycles. The topological polar surface area (TPSA) is 37.3 Å². The Morgan fingerprint density at radius 3 is 2.67 bits per heavy atom. The molecule has 0 aliphatic heterocycles. The molecule has 0 amide bonds. The standard InChI is InChI=1S/C17H14ClN3/c18-17-15(10-14-8-4-5-9-16(14)21-17)12-20-19-11-13-6-2-1-3-7-13/h1-10,12,19H,11H2/b20-12-. The fourth-order valence-electron chi connectivity index (χ4n) is 2.05. The normalized spacial score (nSPS) is 11.1. The minimum atomic E-state index is 0.457. The Kier molecular flexibility index (Phi) is 4.12. The van der Waals surface area contributed by atoms with E-state index in [2.05, 4.69) is 15.5 Å². The van der Waals surface area contributed by atoms with E-state index in [1.165, 1.54) is 5.56 Å². The number of pyridine rings is 1. The van der Waals surface area contributed by atoms with Gasteiger partial charge in [0.2, 0.25) is 0 Å². The monoisotopic (exact) mass is 295 g/mol. The Hall–Kier alpha value is -2.39. The van der Waals surface area contributed by atoms with Gasteiger partial charge in [0.15, 0.2) is 0 Å². The third-order valence-electron chi connectivity index (χ3n) is 3.13. The smallest absolute Gasteiger partial charge is 0.138 e. The zero-order chi connectivity index (χ0) is 14.5. The van der Waals surface area contributed by atoms with Gasteiger partial charge in [0.25, 0.3) is 0 Å². The van der Waals surface area contributed by atoms with Gasteiger partial charge in [-0.05, 0) is 17.7 Å². The van der Waals surface area contributed by atoms with Crippen molar-refractivity contribution in [1.29, 1.82) is 0 Å². The molecule has 3 aromatic rings. The van der Waals surface area contributed by atoms with Gasteiger partial charge in [0.05, 0.1) is 18.3 Å². The van der Waals surface area contributed by atoms with Crippen LogP contribution in [0.25, 0.3) is 10.9 Å². The number of halogens is 1. The lowest BCUT2D eigenvalue weighted by Crippen LogP contribution is -2.05. The number of benzene rings is 2. The van der Waals surface area contributed by atoms with E-state index < -0.39 is 0 Å². The van der Waals surface area contributed by atoms with Crippen LogP contribution in [-0.4, -0.2) is 11.2 Å². The molecule has 2 aromatic carbocycles. The molecule has 0 bridgehead atoms. The van der Waals surface area contributed by atoms with E-state index >= 15 is 0 Å². The van der Waals surface area contributed by atoms with Gasteiger partial charge >= 0.3 is 0 Å². The van der Waals surface area contributed by atoms with Crippen LogP contribution < -0.4 is 5.43 Å². The van der Waals surface area contributed by atoms with Crippen molar-refractivity contribution in [2.24, 2.45) is 5.10 Å². The van der Waals surface area contributed by atoms with Gasteiger partial charge in [-0.2, -0.15) is 5.10 Å². The van der Waals surface area contributed by atoms with Gasteiger partial charge < -0.3 is 5.43 Å². The molecule has 4 heteroatoms. The van der Waals surface area contributed by atoms with Crippen molar-refractivity contribution in [3.05, 3.63) is 76.9 Å². The Balaban J connectivity index is 1.72. The fourth-order valence-corrected chi connectivity index (χ4v) is 2.24. The summed E-state index contributed by atoms with van der Waals surface area (Å²) in [5.41, 5.74) is 5.87. The zero-order valence-electron chi connectivity index (χ0n) is 11.3. The lowest BCUT2D eigenvalue weighted by Gasteiger charge is -2.02. The van der Waals surface area contributed by atoms with Gasteiger partial charge in [0, 0.05) is 10.9 Å². The van der Waals surface area contributed by atoms with E-state index in [4.69, 9.17) is 11.6 Å². The molecule has 21 heavy (non-hydrogen) atoms. The lowest BCUT2D eigenvalue weighted by molar-refractivity contribution is 0.748. The number of hydrogen-bond donors (Lipinski definition) is 1. The third-order valence-corrected chi connectivity index (χ3v) is 3.43. The second-order valence-corrected chi connectivity index (χ2v) is 5.00. The average molecular weight is 296 g/mol. The predicted octanol–water partition coefficient (Wildman–Crippen LogP) is 4.01. The molecule has 3 rings (SSSR count). The molecular formula is C17H14ClN3. The van der Waals surface area contributed by atoms with Crippen molar-refractivity contribution in [3.8, 4) is 0 Å². The van der Waals surface area contributed by atoms with Crippen LogP contribution in [0.3, 0.4) is 0 Å². The minimum absolute atomic E-state index is 0.457. The number of fused-ring (bicyclic) bond motifs is 1. The van der Waals surface area contributed by atoms with Crippen LogP contribution in [0.15, 0.2) is 65.8 Å². The summed E-state index contributed by atoms with van der Waals surface area (Å²) in [4.78, 5) is 4.36. The van der Waals surface area contributed by atoms with Crippen molar-refractivity contribution in [2.45, 2.75) is 6.54 Å². The van der Waals surface area contributed by atoms with Gasteiger partial charge in [-0.1, -0.05) is 60.1 Å². The summed E-state index contributed by atoms with van der Waals surface area (Å²) in [6, 6.07) is 20.0. The van der Waals surface area contributed by atoms with E-state index in [0.717, 1.165) is 16.5 Å². The Labute approximate surface area is 128 Å². The minimum Gasteiger partial charge on any atom is -0.306 e. The quantitative estimate of drug-likeness (QED) is 0.448. The number of rotatable bonds is 4. The van der Waals surface area contributed by atoms with Crippen LogP contribution in [0.2, 0.25) is 5.15 Å². The molecule has 0 aliphatic carbocycles. The van der Waals surface area contributed by atoms with E-state index in [-0.39, 0.29) is 0 Å².